The maximum atomic E-state index is 12.0. The van der Waals surface area contributed by atoms with Crippen molar-refractivity contribution >= 4 is 5.78 Å². The third-order valence-electron chi connectivity index (χ3n) is 5.60. The van der Waals surface area contributed by atoms with Gasteiger partial charge in [-0.1, -0.05) is 44.2 Å². The highest BCUT2D eigenvalue weighted by Gasteiger charge is 2.43. The van der Waals surface area contributed by atoms with Crippen LogP contribution in [0.4, 0.5) is 0 Å². The molecule has 1 unspecified atom stereocenters. The van der Waals surface area contributed by atoms with Gasteiger partial charge in [0.05, 0.1) is 7.11 Å². The van der Waals surface area contributed by atoms with Gasteiger partial charge in [-0.15, -0.1) is 0 Å². The molecule has 0 radical (unpaired) electrons. The second kappa shape index (κ2) is 6.80. The molecule has 1 fully saturated rings. The molecule has 2 aromatic carbocycles. The van der Waals surface area contributed by atoms with Crippen LogP contribution in [0.2, 0.25) is 0 Å². The SMILES string of the molecule is CCc1cc(OC)ccc1-c1ccc(CC2(CC)CCC2=O)cc1. The third-order valence-corrected chi connectivity index (χ3v) is 5.60. The molecule has 0 bridgehead atoms. The predicted octanol–water partition coefficient (Wildman–Crippen LogP) is 5.23. The Morgan fingerprint density at radius 3 is 2.33 bits per heavy atom. The van der Waals surface area contributed by atoms with Gasteiger partial charge in [-0.2, -0.15) is 0 Å². The molecule has 1 aliphatic rings. The van der Waals surface area contributed by atoms with Gasteiger partial charge in [-0.05, 0) is 60.1 Å². The van der Waals surface area contributed by atoms with Gasteiger partial charge in [-0.3, -0.25) is 4.79 Å². The van der Waals surface area contributed by atoms with Crippen LogP contribution < -0.4 is 4.74 Å². The van der Waals surface area contributed by atoms with Crippen LogP contribution in [0.1, 0.15) is 44.2 Å². The second-order valence-electron chi connectivity index (χ2n) is 6.81. The Morgan fingerprint density at radius 1 is 1.08 bits per heavy atom. The zero-order valence-corrected chi connectivity index (χ0v) is 14.9. The predicted molar refractivity (Wildman–Crippen MR) is 98.5 cm³/mol. The summed E-state index contributed by atoms with van der Waals surface area (Å²) in [6.45, 7) is 4.30. The molecule has 126 valence electrons. The van der Waals surface area contributed by atoms with E-state index < -0.39 is 0 Å². The molecule has 0 aromatic heterocycles. The summed E-state index contributed by atoms with van der Waals surface area (Å²) >= 11 is 0. The van der Waals surface area contributed by atoms with E-state index >= 15 is 0 Å². The standard InChI is InChI=1S/C22H26O2/c1-4-17-14-19(24-3)10-11-20(17)18-8-6-16(7-9-18)15-22(5-2)13-12-21(22)23/h6-11,14H,4-5,12-13,15H2,1-3H3. The molecule has 0 saturated heterocycles. The van der Waals surface area contributed by atoms with Crippen LogP contribution in [-0.2, 0) is 17.6 Å². The zero-order valence-electron chi connectivity index (χ0n) is 14.9. The van der Waals surface area contributed by atoms with E-state index in [4.69, 9.17) is 4.74 Å². The first-order chi connectivity index (χ1) is 11.6. The largest absolute Gasteiger partial charge is 0.497 e. The number of ether oxygens (including phenoxy) is 1. The van der Waals surface area contributed by atoms with Crippen molar-refractivity contribution in [2.24, 2.45) is 5.41 Å². The Bertz CT molecular complexity index is 726. The molecular formula is C22H26O2. The summed E-state index contributed by atoms with van der Waals surface area (Å²) in [5, 5.41) is 0. The van der Waals surface area contributed by atoms with Crippen LogP contribution in [0.3, 0.4) is 0 Å². The van der Waals surface area contributed by atoms with E-state index in [1.807, 2.05) is 6.07 Å². The van der Waals surface area contributed by atoms with Crippen LogP contribution in [0, 0.1) is 5.41 Å². The smallest absolute Gasteiger partial charge is 0.139 e. The summed E-state index contributed by atoms with van der Waals surface area (Å²) in [5.74, 6) is 1.35. The molecule has 0 heterocycles. The van der Waals surface area contributed by atoms with Crippen molar-refractivity contribution in [3.05, 3.63) is 53.6 Å². The van der Waals surface area contributed by atoms with Crippen molar-refractivity contribution < 1.29 is 9.53 Å². The maximum absolute atomic E-state index is 12.0. The fourth-order valence-corrected chi connectivity index (χ4v) is 3.73. The quantitative estimate of drug-likeness (QED) is 0.728. The Balaban J connectivity index is 1.83. The lowest BCUT2D eigenvalue weighted by atomic mass is 9.63. The molecule has 1 aliphatic carbocycles. The van der Waals surface area contributed by atoms with E-state index in [2.05, 4.69) is 50.2 Å². The number of hydrogen-bond donors (Lipinski definition) is 0. The zero-order chi connectivity index (χ0) is 17.2. The first-order valence-corrected chi connectivity index (χ1v) is 8.91. The molecule has 0 amide bonds. The van der Waals surface area contributed by atoms with E-state index in [1.54, 1.807) is 7.11 Å². The highest BCUT2D eigenvalue weighted by molar-refractivity contribution is 5.90. The Morgan fingerprint density at radius 2 is 1.83 bits per heavy atom. The van der Waals surface area contributed by atoms with Crippen molar-refractivity contribution in [1.82, 2.24) is 0 Å². The average Bonchev–Trinajstić information content (AvgIpc) is 2.64. The molecule has 1 saturated carbocycles. The summed E-state index contributed by atoms with van der Waals surface area (Å²) in [6, 6.07) is 15.0. The number of Topliss-reactive ketones (excluding diaryl/α,β-unsaturated/α-hetero) is 1. The monoisotopic (exact) mass is 322 g/mol. The van der Waals surface area contributed by atoms with Crippen molar-refractivity contribution in [2.45, 2.75) is 46.0 Å². The van der Waals surface area contributed by atoms with E-state index in [1.165, 1.54) is 22.3 Å². The minimum Gasteiger partial charge on any atom is -0.497 e. The molecule has 0 N–H and O–H groups in total. The molecule has 2 aromatic rings. The second-order valence-corrected chi connectivity index (χ2v) is 6.81. The van der Waals surface area contributed by atoms with Gasteiger partial charge in [0, 0.05) is 11.8 Å². The van der Waals surface area contributed by atoms with Crippen molar-refractivity contribution in [2.75, 3.05) is 7.11 Å². The third kappa shape index (κ3) is 2.98. The van der Waals surface area contributed by atoms with Crippen LogP contribution in [-0.4, -0.2) is 12.9 Å². The number of aryl methyl sites for hydroxylation is 1. The summed E-state index contributed by atoms with van der Waals surface area (Å²) in [4.78, 5) is 12.0. The van der Waals surface area contributed by atoms with Gasteiger partial charge in [0.1, 0.15) is 11.5 Å². The molecule has 2 nitrogen and oxygen atoms in total. The molecule has 24 heavy (non-hydrogen) atoms. The lowest BCUT2D eigenvalue weighted by Crippen LogP contribution is -2.42. The number of hydrogen-bond acceptors (Lipinski definition) is 2. The topological polar surface area (TPSA) is 26.3 Å². The summed E-state index contributed by atoms with van der Waals surface area (Å²) in [5.41, 5.74) is 4.95. The Labute approximate surface area is 144 Å². The summed E-state index contributed by atoms with van der Waals surface area (Å²) in [6.07, 6.45) is 4.61. The molecule has 2 heteroatoms. The van der Waals surface area contributed by atoms with E-state index in [9.17, 15) is 4.79 Å². The van der Waals surface area contributed by atoms with Gasteiger partial charge >= 0.3 is 0 Å². The average molecular weight is 322 g/mol. The molecule has 0 aliphatic heterocycles. The Hall–Kier alpha value is -2.09. The van der Waals surface area contributed by atoms with Gasteiger partial charge < -0.3 is 4.74 Å². The first-order valence-electron chi connectivity index (χ1n) is 8.91. The summed E-state index contributed by atoms with van der Waals surface area (Å²) in [7, 11) is 1.70. The normalized spacial score (nSPS) is 19.9. The van der Waals surface area contributed by atoms with Crippen LogP contribution in [0.25, 0.3) is 11.1 Å². The molecule has 0 spiro atoms. The van der Waals surface area contributed by atoms with Crippen molar-refractivity contribution in [3.63, 3.8) is 0 Å². The van der Waals surface area contributed by atoms with E-state index in [-0.39, 0.29) is 5.41 Å². The van der Waals surface area contributed by atoms with Gasteiger partial charge in [0.15, 0.2) is 0 Å². The fourth-order valence-electron chi connectivity index (χ4n) is 3.73. The van der Waals surface area contributed by atoms with Gasteiger partial charge in [0.25, 0.3) is 0 Å². The number of benzene rings is 2. The highest BCUT2D eigenvalue weighted by Crippen LogP contribution is 2.43. The lowest BCUT2D eigenvalue weighted by Gasteiger charge is -2.39. The number of carbonyl (C=O) groups is 1. The Kier molecular flexibility index (Phi) is 4.75. The van der Waals surface area contributed by atoms with Crippen LogP contribution in [0.5, 0.6) is 5.75 Å². The number of ketones is 1. The number of carbonyl (C=O) groups excluding carboxylic acids is 1. The highest BCUT2D eigenvalue weighted by atomic mass is 16.5. The van der Waals surface area contributed by atoms with Crippen molar-refractivity contribution in [3.8, 4) is 16.9 Å². The molecule has 3 rings (SSSR count). The van der Waals surface area contributed by atoms with Gasteiger partial charge in [0.2, 0.25) is 0 Å². The fraction of sp³-hybridized carbons (Fsp3) is 0.409. The van der Waals surface area contributed by atoms with Crippen LogP contribution >= 0.6 is 0 Å². The van der Waals surface area contributed by atoms with Crippen molar-refractivity contribution in [1.29, 1.82) is 0 Å². The molecular weight excluding hydrogens is 296 g/mol. The van der Waals surface area contributed by atoms with E-state index in [0.717, 1.165) is 37.9 Å². The van der Waals surface area contributed by atoms with E-state index in [0.29, 0.717) is 5.78 Å². The molecule has 1 atom stereocenters. The first kappa shape index (κ1) is 16.8. The summed E-state index contributed by atoms with van der Waals surface area (Å²) < 4.78 is 5.33. The lowest BCUT2D eigenvalue weighted by molar-refractivity contribution is -0.138. The number of methoxy groups -OCH3 is 1. The van der Waals surface area contributed by atoms with Gasteiger partial charge in [-0.25, -0.2) is 0 Å². The minimum absolute atomic E-state index is 0.0871. The minimum atomic E-state index is -0.0871. The maximum Gasteiger partial charge on any atom is 0.139 e. The van der Waals surface area contributed by atoms with Crippen LogP contribution in [0.15, 0.2) is 42.5 Å². The number of rotatable bonds is 6.